The van der Waals surface area contributed by atoms with Gasteiger partial charge in [-0.15, -0.1) is 0 Å². The molecule has 0 aromatic heterocycles. The van der Waals surface area contributed by atoms with E-state index in [1.807, 2.05) is 0 Å². The normalized spacial score (nSPS) is 10.2. The van der Waals surface area contributed by atoms with Crippen molar-refractivity contribution in [3.05, 3.63) is 12.2 Å². The topological polar surface area (TPSA) is 46.5 Å². The van der Waals surface area contributed by atoms with E-state index in [-0.39, 0.29) is 24.5 Å². The van der Waals surface area contributed by atoms with Crippen molar-refractivity contribution in [2.24, 2.45) is 0 Å². The molecule has 10 heavy (non-hydrogen) atoms. The van der Waals surface area contributed by atoms with Gasteiger partial charge in [-0.2, -0.15) is 0 Å². The van der Waals surface area contributed by atoms with E-state index in [0.29, 0.717) is 0 Å². The van der Waals surface area contributed by atoms with Crippen molar-refractivity contribution in [1.82, 2.24) is 0 Å². The Hall–Kier alpha value is -0.350. The first-order chi connectivity index (χ1) is 4.81. The van der Waals surface area contributed by atoms with Gasteiger partial charge in [0.15, 0.2) is 0 Å². The maximum absolute atomic E-state index is 10.4. The lowest BCUT2D eigenvalue weighted by Crippen LogP contribution is -2.04. The number of aliphatic hydroxyl groups excluding tert-OH is 1. The third-order valence-electron chi connectivity index (χ3n) is 0.722. The standard InChI is InChI=1S/C6H9BrO3/c7-5-6(9)10-4-2-1-3-8/h1-2,8H,3-5H2. The molecule has 3 nitrogen and oxygen atoms in total. The molecule has 0 saturated heterocycles. The molecule has 0 unspecified atom stereocenters. The van der Waals surface area contributed by atoms with Crippen LogP contribution in [0.25, 0.3) is 0 Å². The van der Waals surface area contributed by atoms with Gasteiger partial charge >= 0.3 is 5.97 Å². The smallest absolute Gasteiger partial charge is 0.316 e. The van der Waals surface area contributed by atoms with E-state index in [1.165, 1.54) is 6.08 Å². The molecule has 0 saturated carbocycles. The third kappa shape index (κ3) is 5.78. The number of carbonyl (C=O) groups is 1. The Kier molecular flexibility index (Phi) is 6.53. The molecule has 58 valence electrons. The maximum Gasteiger partial charge on any atom is 0.316 e. The number of carbonyl (C=O) groups excluding carboxylic acids is 1. The first kappa shape index (κ1) is 9.65. The van der Waals surface area contributed by atoms with E-state index in [0.717, 1.165) is 0 Å². The molecule has 0 heterocycles. The summed E-state index contributed by atoms with van der Waals surface area (Å²) < 4.78 is 4.61. The van der Waals surface area contributed by atoms with E-state index in [4.69, 9.17) is 5.11 Å². The van der Waals surface area contributed by atoms with E-state index < -0.39 is 0 Å². The van der Waals surface area contributed by atoms with Crippen molar-refractivity contribution in [3.8, 4) is 0 Å². The highest BCUT2D eigenvalue weighted by Crippen LogP contribution is 1.85. The van der Waals surface area contributed by atoms with Crippen LogP contribution < -0.4 is 0 Å². The van der Waals surface area contributed by atoms with Gasteiger partial charge in [-0.05, 0) is 6.08 Å². The number of alkyl halides is 1. The van der Waals surface area contributed by atoms with Crippen molar-refractivity contribution in [3.63, 3.8) is 0 Å². The largest absolute Gasteiger partial charge is 0.461 e. The van der Waals surface area contributed by atoms with Crippen LogP contribution in [0.1, 0.15) is 0 Å². The molecule has 0 fully saturated rings. The van der Waals surface area contributed by atoms with Crippen molar-refractivity contribution < 1.29 is 14.6 Å². The lowest BCUT2D eigenvalue weighted by atomic mass is 10.5. The summed E-state index contributed by atoms with van der Waals surface area (Å²) in [6.45, 7) is 0.205. The Morgan fingerprint density at radius 3 is 2.80 bits per heavy atom. The Morgan fingerprint density at radius 2 is 2.30 bits per heavy atom. The summed E-state index contributed by atoms with van der Waals surface area (Å²) in [6, 6.07) is 0. The average Bonchev–Trinajstić information content (AvgIpc) is 1.98. The van der Waals surface area contributed by atoms with Crippen molar-refractivity contribution in [1.29, 1.82) is 0 Å². The lowest BCUT2D eigenvalue weighted by Gasteiger charge is -1.95. The summed E-state index contributed by atoms with van der Waals surface area (Å²) in [5.41, 5.74) is 0. The van der Waals surface area contributed by atoms with Gasteiger partial charge in [0.1, 0.15) is 11.9 Å². The second-order valence-electron chi connectivity index (χ2n) is 1.47. The van der Waals surface area contributed by atoms with Crippen molar-refractivity contribution in [2.75, 3.05) is 18.5 Å². The van der Waals surface area contributed by atoms with Crippen LogP contribution >= 0.6 is 15.9 Å². The van der Waals surface area contributed by atoms with Crippen LogP contribution in [0.5, 0.6) is 0 Å². The van der Waals surface area contributed by atoms with Gasteiger partial charge in [-0.3, -0.25) is 4.79 Å². The quantitative estimate of drug-likeness (QED) is 0.416. The van der Waals surface area contributed by atoms with Crippen LogP contribution in [0, 0.1) is 0 Å². The second-order valence-corrected chi connectivity index (χ2v) is 2.03. The molecule has 0 aromatic rings. The van der Waals surface area contributed by atoms with Crippen LogP contribution in [0.2, 0.25) is 0 Å². The van der Waals surface area contributed by atoms with Gasteiger partial charge in [0.05, 0.1) is 6.61 Å². The van der Waals surface area contributed by atoms with E-state index in [1.54, 1.807) is 6.08 Å². The Balaban J connectivity index is 3.19. The highest BCUT2D eigenvalue weighted by molar-refractivity contribution is 9.09. The fraction of sp³-hybridized carbons (Fsp3) is 0.500. The molecule has 0 aliphatic heterocycles. The van der Waals surface area contributed by atoms with Crippen LogP contribution in [0.15, 0.2) is 12.2 Å². The van der Waals surface area contributed by atoms with E-state index >= 15 is 0 Å². The summed E-state index contributed by atoms with van der Waals surface area (Å²) in [5, 5.41) is 8.46. The molecule has 0 rings (SSSR count). The molecule has 0 aliphatic carbocycles. The minimum Gasteiger partial charge on any atom is -0.461 e. The minimum absolute atomic E-state index is 0.0220. The summed E-state index contributed by atoms with van der Waals surface area (Å²) in [4.78, 5) is 10.4. The van der Waals surface area contributed by atoms with Crippen LogP contribution in [-0.4, -0.2) is 29.6 Å². The number of halogens is 1. The van der Waals surface area contributed by atoms with Gasteiger partial charge in [0.25, 0.3) is 0 Å². The minimum atomic E-state index is -0.303. The third-order valence-corrected chi connectivity index (χ3v) is 1.18. The number of hydrogen-bond acceptors (Lipinski definition) is 3. The van der Waals surface area contributed by atoms with Gasteiger partial charge in [-0.1, -0.05) is 22.0 Å². The predicted octanol–water partition coefficient (Wildman–Crippen LogP) is 0.473. The fourth-order valence-corrected chi connectivity index (χ4v) is 0.484. The molecule has 0 radical (unpaired) electrons. The van der Waals surface area contributed by atoms with E-state index in [2.05, 4.69) is 20.7 Å². The SMILES string of the molecule is O=C(CBr)OCC=CCO. The van der Waals surface area contributed by atoms with E-state index in [9.17, 15) is 4.79 Å². The van der Waals surface area contributed by atoms with Gasteiger partial charge < -0.3 is 9.84 Å². The molecule has 0 aliphatic rings. The maximum atomic E-state index is 10.4. The van der Waals surface area contributed by atoms with Gasteiger partial charge in [0.2, 0.25) is 0 Å². The molecule has 0 aromatic carbocycles. The second kappa shape index (κ2) is 6.77. The zero-order chi connectivity index (χ0) is 7.82. The molecule has 0 bridgehead atoms. The number of aliphatic hydroxyl groups is 1. The molecular weight excluding hydrogens is 200 g/mol. The van der Waals surface area contributed by atoms with Crippen LogP contribution in [0.4, 0.5) is 0 Å². The first-order valence-electron chi connectivity index (χ1n) is 2.78. The fourth-order valence-electron chi connectivity index (χ4n) is 0.322. The lowest BCUT2D eigenvalue weighted by molar-refractivity contribution is -0.139. The molecular formula is C6H9BrO3. The molecule has 4 heteroatoms. The predicted molar refractivity (Wildman–Crippen MR) is 41.0 cm³/mol. The highest BCUT2D eigenvalue weighted by Gasteiger charge is 1.94. The zero-order valence-corrected chi connectivity index (χ0v) is 7.00. The zero-order valence-electron chi connectivity index (χ0n) is 5.42. The average molecular weight is 209 g/mol. The van der Waals surface area contributed by atoms with Gasteiger partial charge in [0, 0.05) is 0 Å². The number of rotatable bonds is 4. The number of esters is 1. The highest BCUT2D eigenvalue weighted by atomic mass is 79.9. The monoisotopic (exact) mass is 208 g/mol. The Morgan fingerprint density at radius 1 is 1.60 bits per heavy atom. The molecule has 0 atom stereocenters. The summed E-state index contributed by atoms with van der Waals surface area (Å²) in [7, 11) is 0. The summed E-state index contributed by atoms with van der Waals surface area (Å²) >= 11 is 2.94. The van der Waals surface area contributed by atoms with Crippen molar-refractivity contribution >= 4 is 21.9 Å². The molecule has 0 amide bonds. The van der Waals surface area contributed by atoms with Crippen molar-refractivity contribution in [2.45, 2.75) is 0 Å². The molecule has 1 N–H and O–H groups in total. The molecule has 0 spiro atoms. The number of hydrogen-bond donors (Lipinski definition) is 1. The summed E-state index contributed by atoms with van der Waals surface area (Å²) in [6.07, 6.45) is 3.10. The van der Waals surface area contributed by atoms with Crippen LogP contribution in [-0.2, 0) is 9.53 Å². The van der Waals surface area contributed by atoms with Gasteiger partial charge in [-0.25, -0.2) is 0 Å². The Bertz CT molecular complexity index is 122. The summed E-state index contributed by atoms with van der Waals surface area (Å²) in [5.74, 6) is -0.303. The Labute approximate surface area is 67.8 Å². The first-order valence-corrected chi connectivity index (χ1v) is 3.91. The number of ether oxygens (including phenoxy) is 1. The van der Waals surface area contributed by atoms with Crippen LogP contribution in [0.3, 0.4) is 0 Å².